The quantitative estimate of drug-likeness (QED) is 0.892. The summed E-state index contributed by atoms with van der Waals surface area (Å²) in [5.74, 6) is 0.130. The second kappa shape index (κ2) is 5.35. The van der Waals surface area contributed by atoms with Gasteiger partial charge < -0.3 is 15.2 Å². The fourth-order valence-corrected chi connectivity index (χ4v) is 2.97. The largest absolute Gasteiger partial charge is 0.361 e. The Kier molecular flexibility index (Phi) is 3.68. The van der Waals surface area contributed by atoms with Crippen LogP contribution in [0, 0.1) is 0 Å². The Labute approximate surface area is 129 Å². The maximum Gasteiger partial charge on any atom is 0.230 e. The molecule has 2 aromatic rings. The van der Waals surface area contributed by atoms with Crippen molar-refractivity contribution in [1.82, 2.24) is 15.2 Å². The summed E-state index contributed by atoms with van der Waals surface area (Å²) in [5.41, 5.74) is 1.74. The zero-order valence-corrected chi connectivity index (χ0v) is 13.1. The van der Waals surface area contributed by atoms with Crippen molar-refractivity contribution in [1.29, 1.82) is 0 Å². The van der Waals surface area contributed by atoms with Gasteiger partial charge in [-0.05, 0) is 50.7 Å². The van der Waals surface area contributed by atoms with Gasteiger partial charge in [0.15, 0.2) is 0 Å². The minimum Gasteiger partial charge on any atom is -0.361 e. The third-order valence-corrected chi connectivity index (χ3v) is 4.42. The summed E-state index contributed by atoms with van der Waals surface area (Å²) >= 11 is 6.10. The number of carbonyl (C=O) groups is 1. The van der Waals surface area contributed by atoms with Gasteiger partial charge in [0.25, 0.3) is 0 Å². The average Bonchev–Trinajstić information content (AvgIpc) is 3.13. The molecule has 0 unspecified atom stereocenters. The van der Waals surface area contributed by atoms with Gasteiger partial charge in [-0.2, -0.15) is 0 Å². The predicted molar refractivity (Wildman–Crippen MR) is 85.8 cm³/mol. The van der Waals surface area contributed by atoms with Crippen LogP contribution >= 0.6 is 11.6 Å². The predicted octanol–water partition coefficient (Wildman–Crippen LogP) is 2.53. The van der Waals surface area contributed by atoms with E-state index in [2.05, 4.69) is 15.2 Å². The van der Waals surface area contributed by atoms with Crippen molar-refractivity contribution >= 4 is 28.4 Å². The number of carbonyl (C=O) groups excluding carboxylic acids is 1. The number of nitrogens with zero attached hydrogens (tertiary/aromatic N) is 1. The molecule has 1 aromatic heterocycles. The van der Waals surface area contributed by atoms with Crippen molar-refractivity contribution in [2.75, 3.05) is 27.2 Å². The van der Waals surface area contributed by atoms with Gasteiger partial charge in [0.2, 0.25) is 5.91 Å². The van der Waals surface area contributed by atoms with Gasteiger partial charge in [-0.25, -0.2) is 0 Å². The number of hydrogen-bond donors (Lipinski definition) is 2. The van der Waals surface area contributed by atoms with Crippen molar-refractivity contribution < 1.29 is 4.79 Å². The molecule has 0 radical (unpaired) electrons. The third-order valence-electron chi connectivity index (χ3n) is 4.19. The molecule has 1 aliphatic rings. The van der Waals surface area contributed by atoms with Gasteiger partial charge in [-0.15, -0.1) is 0 Å². The zero-order valence-electron chi connectivity index (χ0n) is 12.4. The van der Waals surface area contributed by atoms with Gasteiger partial charge in [0.05, 0.1) is 5.41 Å². The highest BCUT2D eigenvalue weighted by Gasteiger charge is 2.52. The molecule has 0 bridgehead atoms. The second-order valence-electron chi connectivity index (χ2n) is 6.03. The van der Waals surface area contributed by atoms with E-state index in [9.17, 15) is 4.79 Å². The van der Waals surface area contributed by atoms with Gasteiger partial charge in [0.1, 0.15) is 0 Å². The van der Waals surface area contributed by atoms with Crippen LogP contribution in [0.3, 0.4) is 0 Å². The fourth-order valence-electron chi connectivity index (χ4n) is 2.79. The molecule has 1 saturated carbocycles. The molecular weight excluding hydrogens is 286 g/mol. The molecule has 5 heteroatoms. The molecule has 1 aromatic carbocycles. The summed E-state index contributed by atoms with van der Waals surface area (Å²) in [6.45, 7) is 1.53. The molecule has 112 valence electrons. The summed E-state index contributed by atoms with van der Waals surface area (Å²) in [4.78, 5) is 17.9. The number of benzene rings is 1. The molecule has 0 aliphatic heterocycles. The van der Waals surface area contributed by atoms with Crippen molar-refractivity contribution in [2.45, 2.75) is 18.3 Å². The maximum absolute atomic E-state index is 12.6. The van der Waals surface area contributed by atoms with E-state index in [1.165, 1.54) is 0 Å². The highest BCUT2D eigenvalue weighted by Crippen LogP contribution is 2.50. The summed E-state index contributed by atoms with van der Waals surface area (Å²) in [5, 5.41) is 4.82. The number of amides is 1. The Morgan fingerprint density at radius 2 is 2.19 bits per heavy atom. The lowest BCUT2D eigenvalue weighted by atomic mass is 9.94. The van der Waals surface area contributed by atoms with Gasteiger partial charge >= 0.3 is 0 Å². The number of H-pyrrole nitrogens is 1. The number of aromatic nitrogens is 1. The molecule has 1 aliphatic carbocycles. The molecule has 3 rings (SSSR count). The lowest BCUT2D eigenvalue weighted by molar-refractivity contribution is -0.123. The van der Waals surface area contributed by atoms with E-state index in [0.717, 1.165) is 35.9 Å². The Balaban J connectivity index is 1.84. The summed E-state index contributed by atoms with van der Waals surface area (Å²) in [6, 6.07) is 5.76. The van der Waals surface area contributed by atoms with Crippen LogP contribution in [0.2, 0.25) is 5.02 Å². The first kappa shape index (κ1) is 14.4. The second-order valence-corrected chi connectivity index (χ2v) is 6.47. The minimum absolute atomic E-state index is 0.130. The minimum atomic E-state index is -0.366. The molecular formula is C16H20ClN3O. The van der Waals surface area contributed by atoms with Crippen molar-refractivity contribution in [3.8, 4) is 0 Å². The van der Waals surface area contributed by atoms with Crippen LogP contribution in [0.25, 0.3) is 10.9 Å². The standard InChI is InChI=1S/C16H20ClN3O/c1-20(2)8-7-18-15(21)16(5-6-16)13-10-19-14-4-3-11(17)9-12(13)14/h3-4,9-10,19H,5-8H2,1-2H3,(H,18,21). The van der Waals surface area contributed by atoms with E-state index in [-0.39, 0.29) is 11.3 Å². The number of likely N-dealkylation sites (N-methyl/N-ethyl adjacent to an activating group) is 1. The van der Waals surface area contributed by atoms with Crippen molar-refractivity contribution in [2.24, 2.45) is 0 Å². The SMILES string of the molecule is CN(C)CCNC(=O)C1(c2c[nH]c3ccc(Cl)cc23)CC1. The van der Waals surface area contributed by atoms with Crippen molar-refractivity contribution in [3.63, 3.8) is 0 Å². The van der Waals surface area contributed by atoms with E-state index in [4.69, 9.17) is 11.6 Å². The van der Waals surface area contributed by atoms with Crippen LogP contribution in [0.5, 0.6) is 0 Å². The molecule has 0 saturated heterocycles. The first-order chi connectivity index (χ1) is 10.0. The number of nitrogens with one attached hydrogen (secondary N) is 2. The molecule has 2 N–H and O–H groups in total. The Morgan fingerprint density at radius 3 is 2.86 bits per heavy atom. The summed E-state index contributed by atoms with van der Waals surface area (Å²) in [6.07, 6.45) is 3.76. The normalized spacial score (nSPS) is 16.4. The van der Waals surface area contributed by atoms with Crippen molar-refractivity contribution in [3.05, 3.63) is 35.0 Å². The number of aromatic amines is 1. The molecule has 21 heavy (non-hydrogen) atoms. The number of fused-ring (bicyclic) bond motifs is 1. The molecule has 1 heterocycles. The monoisotopic (exact) mass is 305 g/mol. The van der Waals surface area contributed by atoms with Gasteiger partial charge in [0, 0.05) is 35.2 Å². The highest BCUT2D eigenvalue weighted by molar-refractivity contribution is 6.31. The molecule has 4 nitrogen and oxygen atoms in total. The highest BCUT2D eigenvalue weighted by atomic mass is 35.5. The number of rotatable bonds is 5. The summed E-state index contributed by atoms with van der Waals surface area (Å²) < 4.78 is 0. The zero-order chi connectivity index (χ0) is 15.0. The number of hydrogen-bond acceptors (Lipinski definition) is 2. The van der Waals surface area contributed by atoms with Gasteiger partial charge in [-0.3, -0.25) is 4.79 Å². The number of halogens is 1. The maximum atomic E-state index is 12.6. The Morgan fingerprint density at radius 1 is 1.43 bits per heavy atom. The summed E-state index contributed by atoms with van der Waals surface area (Å²) in [7, 11) is 4.00. The van der Waals surface area contributed by atoms with Crippen LogP contribution in [-0.2, 0) is 10.2 Å². The topological polar surface area (TPSA) is 48.1 Å². The fraction of sp³-hybridized carbons (Fsp3) is 0.438. The van der Waals surface area contributed by atoms with Crippen LogP contribution < -0.4 is 5.32 Å². The first-order valence-corrected chi connectivity index (χ1v) is 7.61. The van der Waals surface area contributed by atoms with Crippen LogP contribution in [0.4, 0.5) is 0 Å². The van der Waals surface area contributed by atoms with Crippen LogP contribution in [0.15, 0.2) is 24.4 Å². The lowest BCUT2D eigenvalue weighted by Gasteiger charge is -2.16. The average molecular weight is 306 g/mol. The van der Waals surface area contributed by atoms with Crippen LogP contribution in [-0.4, -0.2) is 43.0 Å². The Bertz CT molecular complexity index is 673. The van der Waals surface area contributed by atoms with E-state index in [0.29, 0.717) is 11.6 Å². The first-order valence-electron chi connectivity index (χ1n) is 7.23. The smallest absolute Gasteiger partial charge is 0.230 e. The molecule has 0 spiro atoms. The van der Waals surface area contributed by atoms with E-state index < -0.39 is 0 Å². The van der Waals surface area contributed by atoms with Gasteiger partial charge in [-0.1, -0.05) is 11.6 Å². The molecule has 0 atom stereocenters. The van der Waals surface area contributed by atoms with E-state index >= 15 is 0 Å². The van der Waals surface area contributed by atoms with E-state index in [1.807, 2.05) is 38.5 Å². The Hall–Kier alpha value is -1.52. The lowest BCUT2D eigenvalue weighted by Crippen LogP contribution is -2.38. The molecule has 1 amide bonds. The van der Waals surface area contributed by atoms with Crippen LogP contribution in [0.1, 0.15) is 18.4 Å². The third kappa shape index (κ3) is 2.65. The molecule has 1 fully saturated rings. The van der Waals surface area contributed by atoms with E-state index in [1.54, 1.807) is 0 Å².